The average Bonchev–Trinajstić information content (AvgIpc) is 2.28. The summed E-state index contributed by atoms with van der Waals surface area (Å²) < 4.78 is 1.14. The van der Waals surface area contributed by atoms with Crippen LogP contribution in [0.15, 0.2) is 35.3 Å². The highest BCUT2D eigenvalue weighted by atomic mass is 79.9. The van der Waals surface area contributed by atoms with Crippen LogP contribution in [0.25, 0.3) is 0 Å². The lowest BCUT2D eigenvalue weighted by molar-refractivity contribution is 0.535. The van der Waals surface area contributed by atoms with Crippen LogP contribution < -0.4 is 5.32 Å². The summed E-state index contributed by atoms with van der Waals surface area (Å²) >= 11 is 3.53. The second kappa shape index (κ2) is 6.87. The van der Waals surface area contributed by atoms with Crippen molar-refractivity contribution in [2.24, 2.45) is 0 Å². The van der Waals surface area contributed by atoms with Crippen molar-refractivity contribution in [3.63, 3.8) is 0 Å². The number of benzene rings is 1. The van der Waals surface area contributed by atoms with Crippen molar-refractivity contribution < 1.29 is 0 Å². The second-order valence-electron chi connectivity index (χ2n) is 4.03. The van der Waals surface area contributed by atoms with E-state index < -0.39 is 0 Å². The van der Waals surface area contributed by atoms with Crippen molar-refractivity contribution in [2.45, 2.75) is 32.7 Å². The first-order valence-corrected chi connectivity index (χ1v) is 6.58. The fourth-order valence-electron chi connectivity index (χ4n) is 1.79. The summed E-state index contributed by atoms with van der Waals surface area (Å²) in [7, 11) is 0. The minimum absolute atomic E-state index is 0.384. The number of hydrogen-bond donors (Lipinski definition) is 1. The van der Waals surface area contributed by atoms with Crippen LogP contribution in [0.4, 0.5) is 0 Å². The highest BCUT2D eigenvalue weighted by Crippen LogP contribution is 2.24. The fraction of sp³-hybridized carbons (Fsp3) is 0.429. The summed E-state index contributed by atoms with van der Waals surface area (Å²) in [5.74, 6) is 0. The van der Waals surface area contributed by atoms with Crippen molar-refractivity contribution in [3.8, 4) is 0 Å². The molecule has 0 saturated carbocycles. The molecule has 0 aliphatic heterocycles. The lowest BCUT2D eigenvalue weighted by Crippen LogP contribution is -2.22. The van der Waals surface area contributed by atoms with Gasteiger partial charge < -0.3 is 5.32 Å². The van der Waals surface area contributed by atoms with Crippen LogP contribution >= 0.6 is 15.9 Å². The van der Waals surface area contributed by atoms with Gasteiger partial charge in [0.2, 0.25) is 0 Å². The van der Waals surface area contributed by atoms with Gasteiger partial charge in [0, 0.05) is 10.5 Å². The predicted octanol–water partition coefficient (Wildman–Crippen LogP) is 4.37. The molecule has 16 heavy (non-hydrogen) atoms. The predicted molar refractivity (Wildman–Crippen MR) is 74.7 cm³/mol. The molecule has 0 spiro atoms. The van der Waals surface area contributed by atoms with Crippen LogP contribution in [0.5, 0.6) is 0 Å². The molecule has 0 fully saturated rings. The third-order valence-corrected chi connectivity index (χ3v) is 3.15. The van der Waals surface area contributed by atoms with E-state index in [0.717, 1.165) is 23.9 Å². The SMILES string of the molecule is C=CCC(NCCC)c1cc(Br)ccc1C. The first-order valence-electron chi connectivity index (χ1n) is 5.79. The molecule has 0 saturated heterocycles. The molecule has 1 aromatic rings. The highest BCUT2D eigenvalue weighted by molar-refractivity contribution is 9.10. The summed E-state index contributed by atoms with van der Waals surface area (Å²) in [5.41, 5.74) is 2.70. The Hall–Kier alpha value is -0.600. The van der Waals surface area contributed by atoms with Crippen molar-refractivity contribution >= 4 is 15.9 Å². The molecule has 0 aromatic heterocycles. The summed E-state index contributed by atoms with van der Waals surface area (Å²) in [6.07, 6.45) is 4.10. The maximum Gasteiger partial charge on any atom is 0.0357 e. The first-order chi connectivity index (χ1) is 7.69. The molecular weight excluding hydrogens is 262 g/mol. The van der Waals surface area contributed by atoms with Gasteiger partial charge in [0.05, 0.1) is 0 Å². The van der Waals surface area contributed by atoms with Crippen molar-refractivity contribution in [1.82, 2.24) is 5.32 Å². The minimum atomic E-state index is 0.384. The Balaban J connectivity index is 2.90. The molecule has 0 heterocycles. The average molecular weight is 282 g/mol. The summed E-state index contributed by atoms with van der Waals surface area (Å²) in [5, 5.41) is 3.56. The Kier molecular flexibility index (Phi) is 5.78. The van der Waals surface area contributed by atoms with Gasteiger partial charge in [-0.3, -0.25) is 0 Å². The van der Waals surface area contributed by atoms with Crippen LogP contribution in [-0.2, 0) is 0 Å². The molecule has 0 aliphatic rings. The number of aryl methyl sites for hydroxylation is 1. The Labute approximate surface area is 107 Å². The van der Waals surface area contributed by atoms with E-state index in [1.54, 1.807) is 0 Å². The van der Waals surface area contributed by atoms with E-state index >= 15 is 0 Å². The minimum Gasteiger partial charge on any atom is -0.310 e. The molecular formula is C14H20BrN. The largest absolute Gasteiger partial charge is 0.310 e. The number of hydrogen-bond acceptors (Lipinski definition) is 1. The molecule has 1 nitrogen and oxygen atoms in total. The number of halogens is 1. The maximum absolute atomic E-state index is 3.83. The molecule has 2 heteroatoms. The molecule has 0 bridgehead atoms. The van der Waals surface area contributed by atoms with Gasteiger partial charge in [-0.15, -0.1) is 6.58 Å². The lowest BCUT2D eigenvalue weighted by Gasteiger charge is -2.19. The molecule has 0 radical (unpaired) electrons. The van der Waals surface area contributed by atoms with Gasteiger partial charge in [0.25, 0.3) is 0 Å². The van der Waals surface area contributed by atoms with Crippen molar-refractivity contribution in [1.29, 1.82) is 0 Å². The molecule has 1 aromatic carbocycles. The van der Waals surface area contributed by atoms with Gasteiger partial charge in [-0.05, 0) is 49.6 Å². The van der Waals surface area contributed by atoms with Crippen molar-refractivity contribution in [2.75, 3.05) is 6.54 Å². The molecule has 88 valence electrons. The van der Waals surface area contributed by atoms with Gasteiger partial charge in [-0.1, -0.05) is 35.0 Å². The smallest absolute Gasteiger partial charge is 0.0357 e. The molecule has 1 N–H and O–H groups in total. The van der Waals surface area contributed by atoms with E-state index in [-0.39, 0.29) is 0 Å². The third-order valence-electron chi connectivity index (χ3n) is 2.66. The number of rotatable bonds is 6. The normalized spacial score (nSPS) is 12.4. The second-order valence-corrected chi connectivity index (χ2v) is 4.95. The van der Waals surface area contributed by atoms with Crippen molar-refractivity contribution in [3.05, 3.63) is 46.5 Å². The van der Waals surface area contributed by atoms with E-state index in [9.17, 15) is 0 Å². The first kappa shape index (κ1) is 13.5. The molecule has 1 atom stereocenters. The zero-order valence-electron chi connectivity index (χ0n) is 10.1. The Morgan fingerprint density at radius 1 is 1.50 bits per heavy atom. The van der Waals surface area contributed by atoms with E-state index in [4.69, 9.17) is 0 Å². The summed E-state index contributed by atoms with van der Waals surface area (Å²) in [6.45, 7) is 9.23. The fourth-order valence-corrected chi connectivity index (χ4v) is 2.17. The van der Waals surface area contributed by atoms with Crippen LogP contribution in [0.2, 0.25) is 0 Å². The zero-order chi connectivity index (χ0) is 12.0. The van der Waals surface area contributed by atoms with Gasteiger partial charge >= 0.3 is 0 Å². The van der Waals surface area contributed by atoms with Gasteiger partial charge in [-0.2, -0.15) is 0 Å². The number of nitrogens with one attached hydrogen (secondary N) is 1. The standard InChI is InChI=1S/C14H20BrN/c1-4-6-14(16-9-5-2)13-10-12(15)8-7-11(13)3/h4,7-8,10,14,16H,1,5-6,9H2,2-3H3. The Morgan fingerprint density at radius 3 is 2.88 bits per heavy atom. The van der Waals surface area contributed by atoms with E-state index in [0.29, 0.717) is 6.04 Å². The monoisotopic (exact) mass is 281 g/mol. The van der Waals surface area contributed by atoms with Crippen LogP contribution in [-0.4, -0.2) is 6.54 Å². The molecule has 0 aliphatic carbocycles. The Morgan fingerprint density at radius 2 is 2.25 bits per heavy atom. The Bertz CT molecular complexity index is 347. The summed E-state index contributed by atoms with van der Waals surface area (Å²) in [6, 6.07) is 6.83. The van der Waals surface area contributed by atoms with Crippen LogP contribution in [0.3, 0.4) is 0 Å². The quantitative estimate of drug-likeness (QED) is 0.764. The van der Waals surface area contributed by atoms with Crippen LogP contribution in [0, 0.1) is 6.92 Å². The third kappa shape index (κ3) is 3.76. The van der Waals surface area contributed by atoms with Gasteiger partial charge in [0.15, 0.2) is 0 Å². The molecule has 0 amide bonds. The van der Waals surface area contributed by atoms with E-state index in [2.05, 4.69) is 59.9 Å². The van der Waals surface area contributed by atoms with Gasteiger partial charge in [0.1, 0.15) is 0 Å². The van der Waals surface area contributed by atoms with Crippen LogP contribution in [0.1, 0.15) is 36.9 Å². The van der Waals surface area contributed by atoms with Gasteiger partial charge in [-0.25, -0.2) is 0 Å². The molecule has 1 rings (SSSR count). The lowest BCUT2D eigenvalue weighted by atomic mass is 9.99. The molecule has 1 unspecified atom stereocenters. The summed E-state index contributed by atoms with van der Waals surface area (Å²) in [4.78, 5) is 0. The highest BCUT2D eigenvalue weighted by Gasteiger charge is 2.11. The zero-order valence-corrected chi connectivity index (χ0v) is 11.7. The van der Waals surface area contributed by atoms with E-state index in [1.807, 2.05) is 6.08 Å². The topological polar surface area (TPSA) is 12.0 Å². The van der Waals surface area contributed by atoms with E-state index in [1.165, 1.54) is 11.1 Å². The maximum atomic E-state index is 3.83.